The largest absolute Gasteiger partial charge is 0.342 e. The molecule has 0 aliphatic rings. The van der Waals surface area contributed by atoms with Crippen LogP contribution in [0.3, 0.4) is 0 Å². The maximum Gasteiger partial charge on any atom is 0.0422 e. The van der Waals surface area contributed by atoms with Crippen LogP contribution in [0.15, 0.2) is 53.0 Å². The molecule has 94 valence electrons. The predicted octanol–water partition coefficient (Wildman–Crippen LogP) is 5.50. The fourth-order valence-electron chi connectivity index (χ4n) is 1.93. The maximum absolute atomic E-state index is 3.62. The lowest BCUT2D eigenvalue weighted by atomic mass is 10.2. The van der Waals surface area contributed by atoms with E-state index in [-0.39, 0.29) is 0 Å². The summed E-state index contributed by atoms with van der Waals surface area (Å²) < 4.78 is 1.14. The molecule has 0 aliphatic carbocycles. The second kappa shape index (κ2) is 6.39. The molecule has 0 radical (unpaired) electrons. The van der Waals surface area contributed by atoms with Crippen molar-refractivity contribution in [3.63, 3.8) is 0 Å². The zero-order valence-corrected chi connectivity index (χ0v) is 13.4. The summed E-state index contributed by atoms with van der Waals surface area (Å²) in [4.78, 5) is 2.29. The molecular weight excluding hydrogens is 354 g/mol. The molecule has 0 spiro atoms. The molecule has 0 saturated carbocycles. The Balaban J connectivity index is 2.37. The van der Waals surface area contributed by atoms with Gasteiger partial charge in [-0.25, -0.2) is 0 Å². The number of hydrogen-bond acceptors (Lipinski definition) is 1. The first-order valence-electron chi connectivity index (χ1n) is 5.93. The Bertz CT molecular complexity index is 511. The van der Waals surface area contributed by atoms with Gasteiger partial charge in [-0.2, -0.15) is 0 Å². The summed E-state index contributed by atoms with van der Waals surface area (Å²) in [7, 11) is 0. The molecule has 0 amide bonds. The quantitative estimate of drug-likeness (QED) is 0.644. The highest BCUT2D eigenvalue weighted by Gasteiger charge is 2.08. The van der Waals surface area contributed by atoms with Crippen LogP contribution in [-0.4, -0.2) is 6.54 Å². The number of benzene rings is 2. The Kier molecular flexibility index (Phi) is 4.84. The van der Waals surface area contributed by atoms with Crippen molar-refractivity contribution >= 4 is 43.2 Å². The summed E-state index contributed by atoms with van der Waals surface area (Å²) in [6.07, 6.45) is 0. The van der Waals surface area contributed by atoms with Gasteiger partial charge in [0.1, 0.15) is 0 Å². The lowest BCUT2D eigenvalue weighted by Gasteiger charge is -2.24. The number of halogens is 2. The molecule has 0 N–H and O–H groups in total. The van der Waals surface area contributed by atoms with Crippen molar-refractivity contribution in [2.75, 3.05) is 11.4 Å². The molecule has 0 saturated heterocycles. The molecule has 3 heteroatoms. The molecule has 0 aromatic heterocycles. The van der Waals surface area contributed by atoms with Crippen LogP contribution in [0.2, 0.25) is 0 Å². The predicted molar refractivity (Wildman–Crippen MR) is 85.9 cm³/mol. The van der Waals surface area contributed by atoms with Crippen LogP contribution in [0.5, 0.6) is 0 Å². The van der Waals surface area contributed by atoms with E-state index in [1.54, 1.807) is 0 Å². The van der Waals surface area contributed by atoms with Gasteiger partial charge in [-0.15, -0.1) is 0 Å². The van der Waals surface area contributed by atoms with E-state index in [0.29, 0.717) is 0 Å². The highest BCUT2D eigenvalue weighted by Crippen LogP contribution is 2.30. The van der Waals surface area contributed by atoms with E-state index in [1.165, 1.54) is 16.9 Å². The third kappa shape index (κ3) is 2.96. The highest BCUT2D eigenvalue weighted by atomic mass is 79.9. The summed E-state index contributed by atoms with van der Waals surface area (Å²) in [6.45, 7) is 3.11. The van der Waals surface area contributed by atoms with E-state index < -0.39 is 0 Å². The Labute approximate surface area is 125 Å². The molecule has 0 fully saturated rings. The zero-order valence-electron chi connectivity index (χ0n) is 10.2. The number of anilines is 2. The second-order valence-electron chi connectivity index (χ2n) is 3.99. The molecule has 2 rings (SSSR count). The molecule has 0 atom stereocenters. The van der Waals surface area contributed by atoms with Crippen molar-refractivity contribution < 1.29 is 0 Å². The number of para-hydroxylation sites is 1. The minimum absolute atomic E-state index is 0.866. The Morgan fingerprint density at radius 3 is 2.28 bits per heavy atom. The standard InChI is InChI=1S/C15H15Br2N/c1-2-18(13-6-4-3-5-7-13)14-9-8-12(11-16)15(17)10-14/h3-10H,2,11H2,1H3. The van der Waals surface area contributed by atoms with Gasteiger partial charge in [-0.05, 0) is 36.8 Å². The second-order valence-corrected chi connectivity index (χ2v) is 5.40. The zero-order chi connectivity index (χ0) is 13.0. The van der Waals surface area contributed by atoms with E-state index in [2.05, 4.69) is 86.1 Å². The van der Waals surface area contributed by atoms with Gasteiger partial charge in [0.25, 0.3) is 0 Å². The van der Waals surface area contributed by atoms with E-state index in [1.807, 2.05) is 6.07 Å². The third-order valence-corrected chi connectivity index (χ3v) is 4.22. The van der Waals surface area contributed by atoms with Gasteiger partial charge in [0, 0.05) is 27.7 Å². The summed E-state index contributed by atoms with van der Waals surface area (Å²) in [6, 6.07) is 16.9. The first-order chi connectivity index (χ1) is 8.76. The minimum Gasteiger partial charge on any atom is -0.342 e. The fourth-order valence-corrected chi connectivity index (χ4v) is 3.31. The van der Waals surface area contributed by atoms with Crippen LogP contribution in [0.1, 0.15) is 12.5 Å². The first-order valence-corrected chi connectivity index (χ1v) is 7.84. The van der Waals surface area contributed by atoms with E-state index in [0.717, 1.165) is 16.3 Å². The Morgan fingerprint density at radius 2 is 1.72 bits per heavy atom. The molecule has 1 nitrogen and oxygen atoms in total. The summed E-state index contributed by atoms with van der Waals surface area (Å²) in [5.74, 6) is 0. The fraction of sp³-hybridized carbons (Fsp3) is 0.200. The van der Waals surface area contributed by atoms with Gasteiger partial charge < -0.3 is 4.90 Å². The molecule has 0 unspecified atom stereocenters. The topological polar surface area (TPSA) is 3.24 Å². The molecule has 0 bridgehead atoms. The molecule has 2 aromatic carbocycles. The summed E-state index contributed by atoms with van der Waals surface area (Å²) >= 11 is 7.11. The van der Waals surface area contributed by atoms with E-state index >= 15 is 0 Å². The van der Waals surface area contributed by atoms with Crippen molar-refractivity contribution in [2.24, 2.45) is 0 Å². The number of rotatable bonds is 4. The number of alkyl halides is 1. The summed E-state index contributed by atoms with van der Waals surface area (Å²) in [5.41, 5.74) is 3.70. The van der Waals surface area contributed by atoms with Crippen molar-refractivity contribution in [3.05, 3.63) is 58.6 Å². The van der Waals surface area contributed by atoms with Gasteiger partial charge in [-0.1, -0.05) is 56.1 Å². The van der Waals surface area contributed by atoms with Gasteiger partial charge in [0.2, 0.25) is 0 Å². The lowest BCUT2D eigenvalue weighted by Crippen LogP contribution is -2.15. The molecule has 2 aromatic rings. The lowest BCUT2D eigenvalue weighted by molar-refractivity contribution is 1.02. The monoisotopic (exact) mass is 367 g/mol. The smallest absolute Gasteiger partial charge is 0.0422 e. The van der Waals surface area contributed by atoms with Gasteiger partial charge in [0.05, 0.1) is 0 Å². The van der Waals surface area contributed by atoms with Crippen molar-refractivity contribution in [3.8, 4) is 0 Å². The molecule has 18 heavy (non-hydrogen) atoms. The van der Waals surface area contributed by atoms with Crippen LogP contribution in [0, 0.1) is 0 Å². The Morgan fingerprint density at radius 1 is 1.00 bits per heavy atom. The first kappa shape index (κ1) is 13.6. The maximum atomic E-state index is 3.62. The molecular formula is C15H15Br2N. The van der Waals surface area contributed by atoms with Gasteiger partial charge in [0.15, 0.2) is 0 Å². The van der Waals surface area contributed by atoms with E-state index in [4.69, 9.17) is 0 Å². The van der Waals surface area contributed by atoms with Crippen LogP contribution >= 0.6 is 31.9 Å². The van der Waals surface area contributed by atoms with Crippen LogP contribution in [0.4, 0.5) is 11.4 Å². The van der Waals surface area contributed by atoms with Crippen LogP contribution in [0.25, 0.3) is 0 Å². The van der Waals surface area contributed by atoms with Gasteiger partial charge in [-0.3, -0.25) is 0 Å². The van der Waals surface area contributed by atoms with Crippen LogP contribution in [-0.2, 0) is 5.33 Å². The number of nitrogens with zero attached hydrogens (tertiary/aromatic N) is 1. The average molecular weight is 369 g/mol. The van der Waals surface area contributed by atoms with Crippen molar-refractivity contribution in [2.45, 2.75) is 12.3 Å². The molecule has 0 aliphatic heterocycles. The SMILES string of the molecule is CCN(c1ccccc1)c1ccc(CBr)c(Br)c1. The van der Waals surface area contributed by atoms with Crippen LogP contribution < -0.4 is 4.90 Å². The van der Waals surface area contributed by atoms with Crippen molar-refractivity contribution in [1.29, 1.82) is 0 Å². The normalized spacial score (nSPS) is 10.4. The Hall–Kier alpha value is -0.800. The highest BCUT2D eigenvalue weighted by molar-refractivity contribution is 9.10. The summed E-state index contributed by atoms with van der Waals surface area (Å²) in [5, 5.41) is 0.866. The number of hydrogen-bond donors (Lipinski definition) is 0. The average Bonchev–Trinajstić information content (AvgIpc) is 2.41. The van der Waals surface area contributed by atoms with Gasteiger partial charge >= 0.3 is 0 Å². The minimum atomic E-state index is 0.866. The molecule has 0 heterocycles. The van der Waals surface area contributed by atoms with Crippen molar-refractivity contribution in [1.82, 2.24) is 0 Å². The van der Waals surface area contributed by atoms with E-state index in [9.17, 15) is 0 Å². The third-order valence-electron chi connectivity index (χ3n) is 2.88.